The molecule has 0 amide bonds. The molecular weight excluding hydrogens is 368 g/mol. The molecule has 0 atom stereocenters. The van der Waals surface area contributed by atoms with Crippen molar-refractivity contribution in [3.8, 4) is 0 Å². The van der Waals surface area contributed by atoms with Gasteiger partial charge in [0.25, 0.3) is 5.56 Å². The molecule has 6 nitrogen and oxygen atoms in total. The van der Waals surface area contributed by atoms with Crippen LogP contribution in [0, 0.1) is 0 Å². The Morgan fingerprint density at radius 2 is 1.66 bits per heavy atom. The summed E-state index contributed by atoms with van der Waals surface area (Å²) in [5.41, 5.74) is 1.38. The molecule has 0 bridgehead atoms. The van der Waals surface area contributed by atoms with Crippen LogP contribution < -0.4 is 5.56 Å². The highest BCUT2D eigenvalue weighted by Gasteiger charge is 2.19. The van der Waals surface area contributed by atoms with E-state index >= 15 is 0 Å². The number of rotatable bonds is 5. The third-order valence-electron chi connectivity index (χ3n) is 5.53. The Kier molecular flexibility index (Phi) is 5.51. The van der Waals surface area contributed by atoms with E-state index in [-0.39, 0.29) is 23.6 Å². The standard InChI is InChI=1S/C23H22N2O4/c26-20(17-12-10-16(11-13-17)15-6-2-1-3-7-15)14-29-23(28)21-18-8-4-5-9-19(18)22(27)25-24-21/h4-5,8-13,15H,1-3,6-7,14H2,(H,25,27). The third-order valence-corrected chi connectivity index (χ3v) is 5.53. The molecule has 3 aromatic rings. The average Bonchev–Trinajstić information content (AvgIpc) is 2.78. The number of Topliss-reactive ketones (excluding diaryl/α,β-unsaturated/α-hetero) is 1. The summed E-state index contributed by atoms with van der Waals surface area (Å²) in [7, 11) is 0. The molecule has 148 valence electrons. The fourth-order valence-corrected chi connectivity index (χ4v) is 3.93. The number of ether oxygens (including phenoxy) is 1. The smallest absolute Gasteiger partial charge is 0.359 e. The van der Waals surface area contributed by atoms with E-state index in [0.29, 0.717) is 22.3 Å². The quantitative estimate of drug-likeness (QED) is 0.525. The predicted octanol–water partition coefficient (Wildman–Crippen LogP) is 4.01. The Bertz CT molecular complexity index is 1100. The number of nitrogens with zero attached hydrogens (tertiary/aromatic N) is 1. The number of nitrogens with one attached hydrogen (secondary N) is 1. The number of aromatic amines is 1. The minimum Gasteiger partial charge on any atom is -0.452 e. The van der Waals surface area contributed by atoms with Crippen LogP contribution in [0.4, 0.5) is 0 Å². The summed E-state index contributed by atoms with van der Waals surface area (Å²) in [6, 6.07) is 14.2. The second-order valence-corrected chi connectivity index (χ2v) is 7.40. The van der Waals surface area contributed by atoms with Gasteiger partial charge < -0.3 is 4.74 Å². The average molecular weight is 390 g/mol. The third kappa shape index (κ3) is 4.11. The topological polar surface area (TPSA) is 89.1 Å². The van der Waals surface area contributed by atoms with Gasteiger partial charge in [-0.15, -0.1) is 0 Å². The molecule has 0 saturated heterocycles. The Balaban J connectivity index is 1.42. The zero-order valence-corrected chi connectivity index (χ0v) is 16.0. The van der Waals surface area contributed by atoms with E-state index in [9.17, 15) is 14.4 Å². The molecule has 1 aliphatic rings. The minimum atomic E-state index is -0.746. The van der Waals surface area contributed by atoms with Crippen molar-refractivity contribution in [1.29, 1.82) is 0 Å². The van der Waals surface area contributed by atoms with E-state index < -0.39 is 5.97 Å². The maximum atomic E-state index is 12.4. The summed E-state index contributed by atoms with van der Waals surface area (Å²) in [6.07, 6.45) is 6.22. The summed E-state index contributed by atoms with van der Waals surface area (Å²) in [6.45, 7) is -0.378. The maximum Gasteiger partial charge on any atom is 0.359 e. The Morgan fingerprint density at radius 1 is 0.966 bits per heavy atom. The molecule has 1 saturated carbocycles. The van der Waals surface area contributed by atoms with E-state index in [1.165, 1.54) is 37.7 Å². The van der Waals surface area contributed by atoms with Crippen molar-refractivity contribution in [2.24, 2.45) is 0 Å². The van der Waals surface area contributed by atoms with Crippen molar-refractivity contribution >= 4 is 22.5 Å². The van der Waals surface area contributed by atoms with Gasteiger partial charge in [0.05, 0.1) is 5.39 Å². The van der Waals surface area contributed by atoms with E-state index in [4.69, 9.17) is 4.74 Å². The largest absolute Gasteiger partial charge is 0.452 e. The number of esters is 1. The zero-order valence-electron chi connectivity index (χ0n) is 16.0. The number of fused-ring (bicyclic) bond motifs is 1. The van der Waals surface area contributed by atoms with Crippen LogP contribution in [-0.4, -0.2) is 28.6 Å². The van der Waals surface area contributed by atoms with Gasteiger partial charge in [-0.25, -0.2) is 9.89 Å². The Labute approximate surface area is 167 Å². The van der Waals surface area contributed by atoms with Gasteiger partial charge in [0, 0.05) is 10.9 Å². The minimum absolute atomic E-state index is 0.0133. The molecule has 0 aliphatic heterocycles. The van der Waals surface area contributed by atoms with Crippen LogP contribution in [0.3, 0.4) is 0 Å². The number of benzene rings is 2. The lowest BCUT2D eigenvalue weighted by Gasteiger charge is -2.22. The van der Waals surface area contributed by atoms with Gasteiger partial charge in [-0.1, -0.05) is 61.7 Å². The van der Waals surface area contributed by atoms with Crippen molar-refractivity contribution in [2.75, 3.05) is 6.61 Å². The van der Waals surface area contributed by atoms with E-state index in [1.807, 2.05) is 12.1 Å². The Hall–Kier alpha value is -3.28. The van der Waals surface area contributed by atoms with Crippen molar-refractivity contribution in [1.82, 2.24) is 10.2 Å². The monoisotopic (exact) mass is 390 g/mol. The number of hydrogen-bond donors (Lipinski definition) is 1. The van der Waals surface area contributed by atoms with Gasteiger partial charge in [0.15, 0.2) is 18.1 Å². The lowest BCUT2D eigenvalue weighted by atomic mass is 9.84. The first kappa shape index (κ1) is 19.1. The van der Waals surface area contributed by atoms with Crippen molar-refractivity contribution in [2.45, 2.75) is 38.0 Å². The summed E-state index contributed by atoms with van der Waals surface area (Å²) in [5, 5.41) is 6.83. The summed E-state index contributed by atoms with van der Waals surface area (Å²) < 4.78 is 5.17. The number of aromatic nitrogens is 2. The first-order chi connectivity index (χ1) is 14.1. The van der Waals surface area contributed by atoms with Gasteiger partial charge in [-0.2, -0.15) is 5.10 Å². The van der Waals surface area contributed by atoms with Crippen molar-refractivity contribution in [3.05, 3.63) is 75.7 Å². The molecule has 1 fully saturated rings. The van der Waals surface area contributed by atoms with Crippen molar-refractivity contribution in [3.63, 3.8) is 0 Å². The molecule has 0 radical (unpaired) electrons. The first-order valence-electron chi connectivity index (χ1n) is 9.91. The van der Waals surface area contributed by atoms with Crippen LogP contribution in [0.15, 0.2) is 53.3 Å². The molecule has 1 aliphatic carbocycles. The fraction of sp³-hybridized carbons (Fsp3) is 0.304. The molecule has 0 unspecified atom stereocenters. The lowest BCUT2D eigenvalue weighted by Crippen LogP contribution is -2.19. The number of hydrogen-bond acceptors (Lipinski definition) is 5. The van der Waals surface area contributed by atoms with E-state index in [0.717, 1.165) is 0 Å². The normalized spacial score (nSPS) is 14.6. The summed E-state index contributed by atoms with van der Waals surface area (Å²) in [4.78, 5) is 36.7. The van der Waals surface area contributed by atoms with Crippen LogP contribution in [0.2, 0.25) is 0 Å². The maximum absolute atomic E-state index is 12.4. The van der Waals surface area contributed by atoms with Gasteiger partial charge in [-0.3, -0.25) is 9.59 Å². The molecule has 29 heavy (non-hydrogen) atoms. The molecule has 6 heteroatoms. The molecular formula is C23H22N2O4. The van der Waals surface area contributed by atoms with Gasteiger partial charge >= 0.3 is 5.97 Å². The van der Waals surface area contributed by atoms with Crippen LogP contribution >= 0.6 is 0 Å². The number of H-pyrrole nitrogens is 1. The van der Waals surface area contributed by atoms with Crippen LogP contribution in [0.1, 0.15) is 64.4 Å². The zero-order chi connectivity index (χ0) is 20.2. The molecule has 4 rings (SSSR count). The van der Waals surface area contributed by atoms with E-state index in [1.54, 1.807) is 36.4 Å². The van der Waals surface area contributed by atoms with Crippen molar-refractivity contribution < 1.29 is 14.3 Å². The molecule has 0 spiro atoms. The number of carbonyl (C=O) groups is 2. The molecule has 1 heterocycles. The SMILES string of the molecule is O=C(COC(=O)c1n[nH]c(=O)c2ccccc12)c1ccc(C2CCCCC2)cc1. The number of ketones is 1. The first-order valence-corrected chi connectivity index (χ1v) is 9.91. The van der Waals surface area contributed by atoms with Gasteiger partial charge in [0.2, 0.25) is 0 Å². The van der Waals surface area contributed by atoms with Crippen LogP contribution in [0.25, 0.3) is 10.8 Å². The molecule has 1 N–H and O–H groups in total. The second-order valence-electron chi connectivity index (χ2n) is 7.40. The van der Waals surface area contributed by atoms with Gasteiger partial charge in [0.1, 0.15) is 0 Å². The van der Waals surface area contributed by atoms with Crippen LogP contribution in [-0.2, 0) is 4.74 Å². The number of carbonyl (C=O) groups excluding carboxylic acids is 2. The predicted molar refractivity (Wildman–Crippen MR) is 109 cm³/mol. The highest BCUT2D eigenvalue weighted by molar-refractivity contribution is 6.04. The summed E-state index contributed by atoms with van der Waals surface area (Å²) in [5.74, 6) is -0.447. The molecule has 1 aromatic heterocycles. The van der Waals surface area contributed by atoms with E-state index in [2.05, 4.69) is 10.2 Å². The highest BCUT2D eigenvalue weighted by atomic mass is 16.5. The van der Waals surface area contributed by atoms with Gasteiger partial charge in [-0.05, 0) is 30.4 Å². The summed E-state index contributed by atoms with van der Waals surface area (Å²) >= 11 is 0. The fourth-order valence-electron chi connectivity index (χ4n) is 3.93. The highest BCUT2D eigenvalue weighted by Crippen LogP contribution is 2.32. The second kappa shape index (κ2) is 8.39. The van der Waals surface area contributed by atoms with Crippen LogP contribution in [0.5, 0.6) is 0 Å². The Morgan fingerprint density at radius 3 is 2.38 bits per heavy atom. The molecule has 2 aromatic carbocycles. The lowest BCUT2D eigenvalue weighted by molar-refractivity contribution is 0.0470.